The SMILES string of the molecule is CC(C)C(C)(c1ccc(-c2cnc3[nH]ccc3c2)cc1)c1noc(-c2cnn(CC(=O)N(C)C)c2)n1. The number of aromatic amines is 1. The third-order valence-corrected chi connectivity index (χ3v) is 6.94. The first-order valence-electron chi connectivity index (χ1n) is 11.9. The number of nitrogens with zero attached hydrogens (tertiary/aromatic N) is 6. The van der Waals surface area contributed by atoms with Crippen molar-refractivity contribution in [3.63, 3.8) is 0 Å². The highest BCUT2D eigenvalue weighted by molar-refractivity contribution is 5.81. The van der Waals surface area contributed by atoms with E-state index in [0.29, 0.717) is 17.3 Å². The lowest BCUT2D eigenvalue weighted by atomic mass is 9.72. The Labute approximate surface area is 209 Å². The number of aromatic nitrogens is 6. The predicted molar refractivity (Wildman–Crippen MR) is 137 cm³/mol. The van der Waals surface area contributed by atoms with Crippen LogP contribution in [0.1, 0.15) is 32.2 Å². The zero-order valence-electron chi connectivity index (χ0n) is 21.1. The number of pyridine rings is 1. The first-order valence-corrected chi connectivity index (χ1v) is 11.9. The Balaban J connectivity index is 1.42. The van der Waals surface area contributed by atoms with Crippen LogP contribution in [0.2, 0.25) is 0 Å². The van der Waals surface area contributed by atoms with Gasteiger partial charge in [0.2, 0.25) is 5.91 Å². The summed E-state index contributed by atoms with van der Waals surface area (Å²) in [5.41, 5.74) is 4.33. The second-order valence-corrected chi connectivity index (χ2v) is 9.71. The number of hydrogen-bond donors (Lipinski definition) is 1. The van der Waals surface area contributed by atoms with Crippen LogP contribution in [0.15, 0.2) is 65.7 Å². The summed E-state index contributed by atoms with van der Waals surface area (Å²) >= 11 is 0. The summed E-state index contributed by atoms with van der Waals surface area (Å²) < 4.78 is 7.21. The van der Waals surface area contributed by atoms with Gasteiger partial charge in [-0.3, -0.25) is 9.48 Å². The molecule has 0 aliphatic heterocycles. The van der Waals surface area contributed by atoms with Crippen LogP contribution in [0, 0.1) is 5.92 Å². The van der Waals surface area contributed by atoms with Crippen molar-refractivity contribution in [1.82, 2.24) is 34.8 Å². The monoisotopic (exact) mass is 483 g/mol. The zero-order valence-corrected chi connectivity index (χ0v) is 21.1. The molecule has 36 heavy (non-hydrogen) atoms. The molecule has 184 valence electrons. The Morgan fingerprint density at radius 2 is 1.89 bits per heavy atom. The first-order chi connectivity index (χ1) is 17.3. The van der Waals surface area contributed by atoms with Gasteiger partial charge < -0.3 is 14.4 Å². The Kier molecular flexibility index (Phi) is 5.91. The normalized spacial score (nSPS) is 13.3. The molecule has 4 aromatic heterocycles. The Morgan fingerprint density at radius 1 is 1.11 bits per heavy atom. The van der Waals surface area contributed by atoms with Crippen LogP contribution < -0.4 is 0 Å². The largest absolute Gasteiger partial charge is 0.347 e. The number of rotatable bonds is 7. The number of carbonyl (C=O) groups excluding carboxylic acids is 1. The van der Waals surface area contributed by atoms with Gasteiger partial charge in [0.15, 0.2) is 5.82 Å². The van der Waals surface area contributed by atoms with E-state index in [1.165, 1.54) is 4.90 Å². The van der Waals surface area contributed by atoms with Gasteiger partial charge in [-0.2, -0.15) is 10.1 Å². The molecule has 0 spiro atoms. The number of nitrogens with one attached hydrogen (secondary N) is 1. The number of H-pyrrole nitrogens is 1. The third-order valence-electron chi connectivity index (χ3n) is 6.94. The van der Waals surface area contributed by atoms with Gasteiger partial charge in [-0.1, -0.05) is 43.3 Å². The van der Waals surface area contributed by atoms with Gasteiger partial charge in [-0.25, -0.2) is 4.98 Å². The van der Waals surface area contributed by atoms with Crippen molar-refractivity contribution in [3.05, 3.63) is 72.6 Å². The second kappa shape index (κ2) is 9.07. The van der Waals surface area contributed by atoms with Crippen LogP contribution in [0.4, 0.5) is 0 Å². The van der Waals surface area contributed by atoms with Gasteiger partial charge in [0.05, 0.1) is 17.2 Å². The van der Waals surface area contributed by atoms with Crippen molar-refractivity contribution in [3.8, 4) is 22.6 Å². The average Bonchev–Trinajstić information content (AvgIpc) is 3.63. The summed E-state index contributed by atoms with van der Waals surface area (Å²) in [4.78, 5) is 25.9. The number of carbonyl (C=O) groups is 1. The molecule has 1 atom stereocenters. The van der Waals surface area contributed by atoms with Crippen LogP contribution in [-0.2, 0) is 16.8 Å². The van der Waals surface area contributed by atoms with Crippen molar-refractivity contribution in [1.29, 1.82) is 0 Å². The minimum atomic E-state index is -0.472. The van der Waals surface area contributed by atoms with Gasteiger partial charge in [-0.15, -0.1) is 0 Å². The van der Waals surface area contributed by atoms with E-state index in [4.69, 9.17) is 9.51 Å². The molecular formula is C27H29N7O2. The lowest BCUT2D eigenvalue weighted by Gasteiger charge is -2.31. The number of likely N-dealkylation sites (N-methyl/N-ethyl adjacent to an activating group) is 1. The maximum Gasteiger partial charge on any atom is 0.261 e. The van der Waals surface area contributed by atoms with Crippen molar-refractivity contribution >= 4 is 16.9 Å². The summed E-state index contributed by atoms with van der Waals surface area (Å²) in [7, 11) is 3.43. The molecule has 1 N–H and O–H groups in total. The molecule has 0 radical (unpaired) electrons. The fraction of sp³-hybridized carbons (Fsp3) is 0.296. The molecule has 0 fully saturated rings. The molecule has 1 unspecified atom stereocenters. The van der Waals surface area contributed by atoms with E-state index in [9.17, 15) is 4.79 Å². The summed E-state index contributed by atoms with van der Waals surface area (Å²) in [5.74, 6) is 1.14. The topological polar surface area (TPSA) is 106 Å². The molecular weight excluding hydrogens is 454 g/mol. The minimum Gasteiger partial charge on any atom is -0.347 e. The fourth-order valence-electron chi connectivity index (χ4n) is 4.22. The second-order valence-electron chi connectivity index (χ2n) is 9.71. The Hall–Kier alpha value is -4.27. The summed E-state index contributed by atoms with van der Waals surface area (Å²) in [6.45, 7) is 6.58. The lowest BCUT2D eigenvalue weighted by molar-refractivity contribution is -0.129. The molecule has 0 aliphatic carbocycles. The molecule has 9 nitrogen and oxygen atoms in total. The predicted octanol–water partition coefficient (Wildman–Crippen LogP) is 4.53. The maximum absolute atomic E-state index is 12.0. The van der Waals surface area contributed by atoms with E-state index >= 15 is 0 Å². The summed E-state index contributed by atoms with van der Waals surface area (Å²) in [6, 6.07) is 12.6. The molecule has 4 heterocycles. The van der Waals surface area contributed by atoms with Crippen molar-refractivity contribution < 1.29 is 9.32 Å². The van der Waals surface area contributed by atoms with Crippen LogP contribution >= 0.6 is 0 Å². The lowest BCUT2D eigenvalue weighted by Crippen LogP contribution is -2.31. The molecule has 0 aliphatic rings. The van der Waals surface area contributed by atoms with E-state index in [2.05, 4.69) is 71.3 Å². The van der Waals surface area contributed by atoms with Crippen molar-refractivity contribution in [2.24, 2.45) is 5.92 Å². The number of hydrogen-bond acceptors (Lipinski definition) is 6. The fourth-order valence-corrected chi connectivity index (χ4v) is 4.22. The molecule has 1 aromatic carbocycles. The smallest absolute Gasteiger partial charge is 0.261 e. The van der Waals surface area contributed by atoms with Gasteiger partial charge in [0.1, 0.15) is 12.2 Å². The van der Waals surface area contributed by atoms with Gasteiger partial charge in [-0.05, 0) is 36.1 Å². The Bertz CT molecular complexity index is 1510. The third kappa shape index (κ3) is 4.17. The standard InChI is InChI=1S/C27H29N7O2/c1-17(2)27(3,22-8-6-18(7-9-22)20-12-19-10-11-28-24(19)29-13-20)26-31-25(36-32-26)21-14-30-34(15-21)16-23(35)33(4)5/h6-15,17H,16H2,1-5H3,(H,28,29). The quantitative estimate of drug-likeness (QED) is 0.365. The highest BCUT2D eigenvalue weighted by atomic mass is 16.5. The molecule has 0 saturated heterocycles. The van der Waals surface area contributed by atoms with Crippen molar-refractivity contribution in [2.75, 3.05) is 14.1 Å². The molecule has 0 bridgehead atoms. The number of fused-ring (bicyclic) bond motifs is 1. The van der Waals surface area contributed by atoms with E-state index in [0.717, 1.165) is 27.7 Å². The molecule has 1 amide bonds. The van der Waals surface area contributed by atoms with Crippen LogP contribution in [0.5, 0.6) is 0 Å². The first kappa shape index (κ1) is 23.5. The zero-order chi connectivity index (χ0) is 25.4. The van der Waals surface area contributed by atoms with Gasteiger partial charge >= 0.3 is 0 Å². The van der Waals surface area contributed by atoms with E-state index in [-0.39, 0.29) is 18.4 Å². The molecule has 9 heteroatoms. The average molecular weight is 484 g/mol. The van der Waals surface area contributed by atoms with Crippen LogP contribution in [0.25, 0.3) is 33.6 Å². The Morgan fingerprint density at radius 3 is 2.61 bits per heavy atom. The van der Waals surface area contributed by atoms with E-state index in [1.54, 1.807) is 31.2 Å². The highest BCUT2D eigenvalue weighted by Crippen LogP contribution is 2.39. The van der Waals surface area contributed by atoms with Gasteiger partial charge in [0.25, 0.3) is 5.89 Å². The number of amides is 1. The van der Waals surface area contributed by atoms with E-state index < -0.39 is 5.41 Å². The highest BCUT2D eigenvalue weighted by Gasteiger charge is 2.37. The van der Waals surface area contributed by atoms with E-state index in [1.807, 2.05) is 18.5 Å². The van der Waals surface area contributed by atoms with Crippen molar-refractivity contribution in [2.45, 2.75) is 32.7 Å². The summed E-state index contributed by atoms with van der Waals surface area (Å²) in [6.07, 6.45) is 7.16. The van der Waals surface area contributed by atoms with Crippen LogP contribution in [-0.4, -0.2) is 54.8 Å². The summed E-state index contributed by atoms with van der Waals surface area (Å²) in [5, 5.41) is 9.71. The number of benzene rings is 1. The van der Waals surface area contributed by atoms with Crippen LogP contribution in [0.3, 0.4) is 0 Å². The molecule has 5 aromatic rings. The molecule has 0 saturated carbocycles. The minimum absolute atomic E-state index is 0.0458. The van der Waals surface area contributed by atoms with Gasteiger partial charge in [0, 0.05) is 43.6 Å². The molecule has 5 rings (SSSR count). The maximum atomic E-state index is 12.0.